The molecule has 0 atom stereocenters. The molecular formula is C17H22B2N2. The fraction of sp³-hybridized carbons (Fsp3) is 0.588. The highest BCUT2D eigenvalue weighted by atomic mass is 15.0. The molecule has 0 amide bonds. The van der Waals surface area contributed by atoms with Crippen molar-refractivity contribution in [2.24, 2.45) is 12.5 Å². The smallest absolute Gasteiger partial charge is 0.117 e. The summed E-state index contributed by atoms with van der Waals surface area (Å²) >= 11 is 0. The third-order valence-corrected chi connectivity index (χ3v) is 6.61. The Labute approximate surface area is 130 Å². The van der Waals surface area contributed by atoms with Gasteiger partial charge < -0.3 is 4.57 Å². The molecule has 0 bridgehead atoms. The summed E-state index contributed by atoms with van der Waals surface area (Å²) < 4.78 is 1.97. The highest BCUT2D eigenvalue weighted by Crippen LogP contribution is 2.60. The molecule has 2 aromatic rings. The van der Waals surface area contributed by atoms with Crippen molar-refractivity contribution in [2.45, 2.75) is 52.4 Å². The molecule has 3 rings (SSSR count). The lowest BCUT2D eigenvalue weighted by atomic mass is 9.58. The van der Waals surface area contributed by atoms with E-state index in [0.29, 0.717) is 0 Å². The van der Waals surface area contributed by atoms with Crippen LogP contribution in [0.15, 0.2) is 6.33 Å². The van der Waals surface area contributed by atoms with E-state index in [1.165, 1.54) is 11.1 Å². The van der Waals surface area contributed by atoms with E-state index in [2.05, 4.69) is 46.5 Å². The zero-order valence-corrected chi connectivity index (χ0v) is 14.1. The lowest BCUT2D eigenvalue weighted by Gasteiger charge is -2.45. The Morgan fingerprint density at radius 3 is 1.90 bits per heavy atom. The van der Waals surface area contributed by atoms with Gasteiger partial charge in [-0.1, -0.05) is 52.5 Å². The number of hydrogen-bond acceptors (Lipinski definition) is 1. The normalized spacial score (nSPS) is 21.7. The van der Waals surface area contributed by atoms with Crippen molar-refractivity contribution in [3.63, 3.8) is 0 Å². The van der Waals surface area contributed by atoms with Crippen molar-refractivity contribution in [2.75, 3.05) is 0 Å². The van der Waals surface area contributed by atoms with E-state index in [0.717, 1.165) is 22.0 Å². The molecule has 0 saturated carbocycles. The maximum Gasteiger partial charge on any atom is 0.117 e. The van der Waals surface area contributed by atoms with Crippen LogP contribution in [0, 0.1) is 5.41 Å². The van der Waals surface area contributed by atoms with Gasteiger partial charge in [-0.05, 0) is 27.4 Å². The molecule has 21 heavy (non-hydrogen) atoms. The fourth-order valence-corrected chi connectivity index (χ4v) is 4.16. The lowest BCUT2D eigenvalue weighted by molar-refractivity contribution is 0.125. The summed E-state index contributed by atoms with van der Waals surface area (Å²) in [7, 11) is 15.1. The average Bonchev–Trinajstić information content (AvgIpc) is 2.78. The van der Waals surface area contributed by atoms with Gasteiger partial charge in [0, 0.05) is 7.05 Å². The van der Waals surface area contributed by atoms with E-state index < -0.39 is 0 Å². The molecule has 4 radical (unpaired) electrons. The second kappa shape index (κ2) is 3.77. The van der Waals surface area contributed by atoms with Crippen LogP contribution in [0.3, 0.4) is 0 Å². The summed E-state index contributed by atoms with van der Waals surface area (Å²) in [5, 5.41) is 0. The van der Waals surface area contributed by atoms with E-state index >= 15 is 0 Å². The van der Waals surface area contributed by atoms with Crippen LogP contribution in [0.2, 0.25) is 0 Å². The summed E-state index contributed by atoms with van der Waals surface area (Å²) in [5.41, 5.74) is 5.71. The minimum Gasteiger partial charge on any atom is -0.334 e. The Hall–Kier alpha value is -1.18. The Bertz CT molecular complexity index is 767. The molecule has 106 valence electrons. The zero-order chi connectivity index (χ0) is 16.0. The van der Waals surface area contributed by atoms with Crippen LogP contribution in [-0.2, 0) is 17.9 Å². The summed E-state index contributed by atoms with van der Waals surface area (Å²) in [6.07, 6.45) is 1.79. The third kappa shape index (κ3) is 1.39. The maximum atomic E-state index is 6.59. The Balaban J connectivity index is 2.59. The Morgan fingerprint density at radius 2 is 1.38 bits per heavy atom. The van der Waals surface area contributed by atoms with Crippen LogP contribution in [0.1, 0.15) is 52.7 Å². The molecule has 1 aromatic carbocycles. The molecule has 0 spiro atoms. The number of imidazole rings is 1. The second-order valence-electron chi connectivity index (χ2n) is 8.01. The van der Waals surface area contributed by atoms with E-state index in [1.807, 2.05) is 11.6 Å². The number of hydrogen-bond donors (Lipinski definition) is 0. The van der Waals surface area contributed by atoms with Crippen LogP contribution in [0.4, 0.5) is 0 Å². The molecule has 2 nitrogen and oxygen atoms in total. The zero-order valence-electron chi connectivity index (χ0n) is 14.1. The van der Waals surface area contributed by atoms with E-state index in [4.69, 9.17) is 15.7 Å². The first-order valence-corrected chi connectivity index (χ1v) is 7.49. The van der Waals surface area contributed by atoms with Gasteiger partial charge in [0.15, 0.2) is 0 Å². The van der Waals surface area contributed by atoms with E-state index in [-0.39, 0.29) is 16.2 Å². The van der Waals surface area contributed by atoms with Gasteiger partial charge >= 0.3 is 0 Å². The number of fused-ring (bicyclic) bond motifs is 2. The van der Waals surface area contributed by atoms with E-state index in [9.17, 15) is 0 Å². The molecule has 1 aliphatic carbocycles. The molecule has 0 saturated heterocycles. The number of aromatic nitrogens is 2. The molecule has 0 fully saturated rings. The average molecular weight is 276 g/mol. The SMILES string of the molecule is [B]c1c2c(c([B])c3c1ncn3C)C(C)(C)C(C)(C)C2(C)C. The highest BCUT2D eigenvalue weighted by molar-refractivity contribution is 6.46. The van der Waals surface area contributed by atoms with Crippen molar-refractivity contribution in [1.29, 1.82) is 0 Å². The largest absolute Gasteiger partial charge is 0.334 e. The van der Waals surface area contributed by atoms with Crippen LogP contribution < -0.4 is 10.9 Å². The van der Waals surface area contributed by atoms with Crippen molar-refractivity contribution in [1.82, 2.24) is 9.55 Å². The minimum atomic E-state index is -0.0598. The minimum absolute atomic E-state index is 0.0436. The van der Waals surface area contributed by atoms with Gasteiger partial charge in [-0.15, -0.1) is 0 Å². The number of rotatable bonds is 0. The summed E-state index contributed by atoms with van der Waals surface area (Å²) in [5.74, 6) is 0. The molecule has 0 unspecified atom stereocenters. The van der Waals surface area contributed by atoms with Gasteiger partial charge in [0.25, 0.3) is 0 Å². The highest BCUT2D eigenvalue weighted by Gasteiger charge is 2.58. The lowest BCUT2D eigenvalue weighted by Crippen LogP contribution is -2.43. The van der Waals surface area contributed by atoms with Gasteiger partial charge in [-0.2, -0.15) is 0 Å². The molecule has 1 heterocycles. The molecule has 0 N–H and O–H groups in total. The van der Waals surface area contributed by atoms with Gasteiger partial charge in [-0.3, -0.25) is 0 Å². The van der Waals surface area contributed by atoms with Crippen molar-refractivity contribution in [3.05, 3.63) is 17.5 Å². The van der Waals surface area contributed by atoms with Crippen LogP contribution >= 0.6 is 0 Å². The van der Waals surface area contributed by atoms with Crippen molar-refractivity contribution in [3.8, 4) is 0 Å². The summed E-state index contributed by atoms with van der Waals surface area (Å²) in [6.45, 7) is 13.7. The summed E-state index contributed by atoms with van der Waals surface area (Å²) in [6, 6.07) is 0. The summed E-state index contributed by atoms with van der Waals surface area (Å²) in [4.78, 5) is 4.48. The van der Waals surface area contributed by atoms with Crippen LogP contribution in [0.5, 0.6) is 0 Å². The first kappa shape index (κ1) is 14.7. The molecule has 1 aromatic heterocycles. The van der Waals surface area contributed by atoms with Crippen LogP contribution in [-0.4, -0.2) is 25.2 Å². The Kier molecular flexibility index (Phi) is 2.65. The fourth-order valence-electron chi connectivity index (χ4n) is 4.16. The second-order valence-corrected chi connectivity index (χ2v) is 8.01. The van der Waals surface area contributed by atoms with E-state index in [1.54, 1.807) is 6.33 Å². The van der Waals surface area contributed by atoms with Crippen molar-refractivity contribution >= 4 is 37.7 Å². The third-order valence-electron chi connectivity index (χ3n) is 6.61. The quantitative estimate of drug-likeness (QED) is 0.670. The predicted molar refractivity (Wildman–Crippen MR) is 91.3 cm³/mol. The van der Waals surface area contributed by atoms with Crippen LogP contribution in [0.25, 0.3) is 11.0 Å². The first-order valence-electron chi connectivity index (χ1n) is 7.49. The molecule has 0 aliphatic heterocycles. The maximum absolute atomic E-state index is 6.59. The molecular weight excluding hydrogens is 254 g/mol. The van der Waals surface area contributed by atoms with Crippen molar-refractivity contribution < 1.29 is 0 Å². The predicted octanol–water partition coefficient (Wildman–Crippen LogP) is 1.76. The Morgan fingerprint density at radius 1 is 0.905 bits per heavy atom. The number of nitrogens with zero attached hydrogens (tertiary/aromatic N) is 2. The first-order chi connectivity index (χ1) is 9.46. The number of benzene rings is 1. The monoisotopic (exact) mass is 276 g/mol. The number of aryl methyl sites for hydroxylation is 1. The van der Waals surface area contributed by atoms with Gasteiger partial charge in [0.05, 0.1) is 17.4 Å². The molecule has 4 heteroatoms. The topological polar surface area (TPSA) is 17.8 Å². The molecule has 1 aliphatic rings. The van der Waals surface area contributed by atoms with Gasteiger partial charge in [0.1, 0.15) is 15.7 Å². The van der Waals surface area contributed by atoms with Gasteiger partial charge in [0.2, 0.25) is 0 Å². The standard InChI is InChI=1S/C17H22B2N2/c1-15(2)9-10(16(3,4)17(15,5)6)12(19)14-13(11(9)18)20-8-21(14)7/h8H,1-7H3. The van der Waals surface area contributed by atoms with Gasteiger partial charge in [-0.25, -0.2) is 4.98 Å².